The van der Waals surface area contributed by atoms with Gasteiger partial charge in [0.1, 0.15) is 5.82 Å². The number of aryl methyl sites for hydroxylation is 1. The van der Waals surface area contributed by atoms with Gasteiger partial charge in [0.25, 0.3) is 0 Å². The summed E-state index contributed by atoms with van der Waals surface area (Å²) in [6.07, 6.45) is 4.45. The monoisotopic (exact) mass is 213 g/mol. The average Bonchev–Trinajstić information content (AvgIpc) is 2.13. The molecule has 76 valence electrons. The lowest BCUT2D eigenvalue weighted by molar-refractivity contribution is 0.626. The fraction of sp³-hybridized carbons (Fsp3) is 0.273. The number of hydrogen-bond acceptors (Lipinski definition) is 1. The van der Waals surface area contributed by atoms with Gasteiger partial charge in [0.15, 0.2) is 0 Å². The van der Waals surface area contributed by atoms with Gasteiger partial charge in [0, 0.05) is 17.1 Å². The fourth-order valence-electron chi connectivity index (χ4n) is 1.19. The first-order chi connectivity index (χ1) is 6.65. The van der Waals surface area contributed by atoms with Crippen LogP contribution in [0.15, 0.2) is 18.2 Å². The first-order valence-corrected chi connectivity index (χ1v) is 4.96. The van der Waals surface area contributed by atoms with E-state index in [4.69, 9.17) is 17.3 Å². The molecule has 1 nitrogen and oxygen atoms in total. The number of hydrogen-bond donors (Lipinski definition) is 1. The highest BCUT2D eigenvalue weighted by Gasteiger charge is 2.01. The minimum atomic E-state index is -0.262. The predicted octanol–water partition coefficient (Wildman–Crippen LogP) is 3.36. The van der Waals surface area contributed by atoms with Crippen LogP contribution in [0.2, 0.25) is 0 Å². The second-order valence-corrected chi connectivity index (χ2v) is 3.48. The van der Waals surface area contributed by atoms with Gasteiger partial charge in [0.2, 0.25) is 0 Å². The van der Waals surface area contributed by atoms with Crippen LogP contribution < -0.4 is 5.73 Å². The second-order valence-electron chi connectivity index (χ2n) is 3.11. The van der Waals surface area contributed by atoms with Crippen LogP contribution in [-0.4, -0.2) is 5.88 Å². The third kappa shape index (κ3) is 2.74. The Labute approximate surface area is 88.4 Å². The van der Waals surface area contributed by atoms with Gasteiger partial charge in [-0.25, -0.2) is 4.39 Å². The molecule has 0 saturated heterocycles. The lowest BCUT2D eigenvalue weighted by atomic mass is 10.1. The Bertz CT molecular complexity index is 347. The molecule has 3 heteroatoms. The molecule has 0 unspecified atom stereocenters. The van der Waals surface area contributed by atoms with Crippen LogP contribution in [0.3, 0.4) is 0 Å². The average molecular weight is 214 g/mol. The first-order valence-electron chi connectivity index (χ1n) is 4.43. The third-order valence-corrected chi connectivity index (χ3v) is 2.18. The fourth-order valence-corrected chi connectivity index (χ4v) is 1.32. The third-order valence-electron chi connectivity index (χ3n) is 1.96. The van der Waals surface area contributed by atoms with Crippen LogP contribution in [0, 0.1) is 12.7 Å². The Kier molecular flexibility index (Phi) is 3.96. The maximum atomic E-state index is 13.0. The van der Waals surface area contributed by atoms with Crippen molar-refractivity contribution in [2.75, 3.05) is 11.6 Å². The molecule has 0 bridgehead atoms. The van der Waals surface area contributed by atoms with Gasteiger partial charge in [-0.2, -0.15) is 0 Å². The summed E-state index contributed by atoms with van der Waals surface area (Å²) >= 11 is 5.51. The van der Waals surface area contributed by atoms with Crippen molar-refractivity contribution in [3.8, 4) is 0 Å². The van der Waals surface area contributed by atoms with Gasteiger partial charge in [-0.05, 0) is 31.0 Å². The van der Waals surface area contributed by atoms with Crippen molar-refractivity contribution in [2.45, 2.75) is 13.3 Å². The molecule has 0 aliphatic rings. The zero-order chi connectivity index (χ0) is 10.6. The highest BCUT2D eigenvalue weighted by molar-refractivity contribution is 6.17. The Morgan fingerprint density at radius 1 is 1.50 bits per heavy atom. The summed E-state index contributed by atoms with van der Waals surface area (Å²) in [5.74, 6) is 0.298. The molecular formula is C11H13ClFN. The van der Waals surface area contributed by atoms with E-state index in [0.29, 0.717) is 17.1 Å². The minimum Gasteiger partial charge on any atom is -0.398 e. The largest absolute Gasteiger partial charge is 0.398 e. The number of anilines is 1. The smallest absolute Gasteiger partial charge is 0.124 e. The summed E-state index contributed by atoms with van der Waals surface area (Å²) in [6.45, 7) is 1.79. The van der Waals surface area contributed by atoms with E-state index in [9.17, 15) is 4.39 Å². The number of rotatable bonds is 3. The second kappa shape index (κ2) is 5.01. The van der Waals surface area contributed by atoms with Gasteiger partial charge in [-0.1, -0.05) is 12.2 Å². The summed E-state index contributed by atoms with van der Waals surface area (Å²) in [5, 5.41) is 0. The van der Waals surface area contributed by atoms with Crippen molar-refractivity contribution >= 4 is 23.4 Å². The summed E-state index contributed by atoms with van der Waals surface area (Å²) in [4.78, 5) is 0. The van der Waals surface area contributed by atoms with Crippen LogP contribution in [-0.2, 0) is 0 Å². The topological polar surface area (TPSA) is 26.0 Å². The molecule has 0 aromatic heterocycles. The van der Waals surface area contributed by atoms with Gasteiger partial charge < -0.3 is 5.73 Å². The molecule has 1 aromatic rings. The molecule has 0 aliphatic heterocycles. The standard InChI is InChI=1S/C11H13ClFN/c1-8-6-10(13)7-9(11(8)14)4-2-3-5-12/h2,4,6-7H,3,5,14H2,1H3. The lowest BCUT2D eigenvalue weighted by Gasteiger charge is -2.04. The zero-order valence-electron chi connectivity index (χ0n) is 8.06. The minimum absolute atomic E-state index is 0.262. The van der Waals surface area contributed by atoms with Crippen molar-refractivity contribution in [3.05, 3.63) is 35.2 Å². The van der Waals surface area contributed by atoms with Crippen LogP contribution in [0.25, 0.3) is 6.08 Å². The van der Waals surface area contributed by atoms with Crippen LogP contribution >= 0.6 is 11.6 Å². The molecule has 1 aromatic carbocycles. The lowest BCUT2D eigenvalue weighted by Crippen LogP contribution is -1.94. The number of halogens is 2. The first kappa shape index (κ1) is 11.1. The van der Waals surface area contributed by atoms with Crippen molar-refractivity contribution in [3.63, 3.8) is 0 Å². The molecule has 2 N–H and O–H groups in total. The van der Waals surface area contributed by atoms with Crippen LogP contribution in [0.5, 0.6) is 0 Å². The number of nitrogen functional groups attached to an aromatic ring is 1. The van der Waals surface area contributed by atoms with E-state index < -0.39 is 0 Å². The number of alkyl halides is 1. The maximum Gasteiger partial charge on any atom is 0.124 e. The van der Waals surface area contributed by atoms with Gasteiger partial charge in [-0.3, -0.25) is 0 Å². The van der Waals surface area contributed by atoms with E-state index in [-0.39, 0.29) is 5.82 Å². The van der Waals surface area contributed by atoms with E-state index in [1.54, 1.807) is 13.0 Å². The Morgan fingerprint density at radius 2 is 2.21 bits per heavy atom. The molecule has 0 fully saturated rings. The van der Waals surface area contributed by atoms with E-state index in [1.165, 1.54) is 12.1 Å². The maximum absolute atomic E-state index is 13.0. The summed E-state index contributed by atoms with van der Waals surface area (Å²) in [5.41, 5.74) is 7.88. The van der Waals surface area contributed by atoms with Crippen molar-refractivity contribution in [2.24, 2.45) is 0 Å². The van der Waals surface area contributed by atoms with Crippen molar-refractivity contribution in [1.29, 1.82) is 0 Å². The quantitative estimate of drug-likeness (QED) is 0.605. The van der Waals surface area contributed by atoms with Crippen molar-refractivity contribution in [1.82, 2.24) is 0 Å². The van der Waals surface area contributed by atoms with Gasteiger partial charge >= 0.3 is 0 Å². The Morgan fingerprint density at radius 3 is 2.86 bits per heavy atom. The molecule has 0 saturated carbocycles. The molecular weight excluding hydrogens is 201 g/mol. The van der Waals surface area contributed by atoms with Crippen molar-refractivity contribution < 1.29 is 4.39 Å². The molecule has 0 aliphatic carbocycles. The predicted molar refractivity (Wildman–Crippen MR) is 59.9 cm³/mol. The van der Waals surface area contributed by atoms with E-state index in [0.717, 1.165) is 12.0 Å². The zero-order valence-corrected chi connectivity index (χ0v) is 8.81. The molecule has 0 amide bonds. The Balaban J connectivity index is 2.96. The molecule has 0 heterocycles. The molecule has 0 spiro atoms. The molecule has 0 radical (unpaired) electrons. The molecule has 1 rings (SSSR count). The molecule has 0 atom stereocenters. The van der Waals surface area contributed by atoms with Gasteiger partial charge in [-0.15, -0.1) is 11.6 Å². The van der Waals surface area contributed by atoms with E-state index >= 15 is 0 Å². The summed E-state index contributed by atoms with van der Waals surface area (Å²) in [7, 11) is 0. The Hall–Kier alpha value is -1.02. The normalized spacial score (nSPS) is 11.1. The summed E-state index contributed by atoms with van der Waals surface area (Å²) < 4.78 is 13.0. The van der Waals surface area contributed by atoms with Gasteiger partial charge in [0.05, 0.1) is 0 Å². The van der Waals surface area contributed by atoms with Crippen LogP contribution in [0.4, 0.5) is 10.1 Å². The highest BCUT2D eigenvalue weighted by Crippen LogP contribution is 2.20. The SMILES string of the molecule is Cc1cc(F)cc(C=CCCCl)c1N. The molecule has 14 heavy (non-hydrogen) atoms. The number of nitrogens with two attached hydrogens (primary N) is 1. The van der Waals surface area contributed by atoms with E-state index in [1.807, 2.05) is 6.08 Å². The number of benzene rings is 1. The summed E-state index contributed by atoms with van der Waals surface area (Å²) in [6, 6.07) is 2.85. The van der Waals surface area contributed by atoms with E-state index in [2.05, 4.69) is 0 Å². The number of allylic oxidation sites excluding steroid dienone is 1. The van der Waals surface area contributed by atoms with Crippen LogP contribution in [0.1, 0.15) is 17.5 Å². The highest BCUT2D eigenvalue weighted by atomic mass is 35.5.